The Morgan fingerprint density at radius 1 is 1.42 bits per heavy atom. The lowest BCUT2D eigenvalue weighted by Gasteiger charge is -2.07. The second-order valence-corrected chi connectivity index (χ2v) is 2.51. The SMILES string of the molecule is CC1=C(OC(F)F)C=CC=CC1. The highest BCUT2D eigenvalue weighted by molar-refractivity contribution is 5.27. The van der Waals surface area contributed by atoms with Gasteiger partial charge in [0.15, 0.2) is 0 Å². The Hall–Kier alpha value is -1.12. The van der Waals surface area contributed by atoms with Gasteiger partial charge in [-0.3, -0.25) is 0 Å². The van der Waals surface area contributed by atoms with Gasteiger partial charge in [0.25, 0.3) is 0 Å². The zero-order chi connectivity index (χ0) is 8.97. The van der Waals surface area contributed by atoms with Crippen LogP contribution in [0.3, 0.4) is 0 Å². The van der Waals surface area contributed by atoms with E-state index in [2.05, 4.69) is 4.74 Å². The zero-order valence-electron chi connectivity index (χ0n) is 6.76. The van der Waals surface area contributed by atoms with Crippen molar-refractivity contribution in [2.75, 3.05) is 0 Å². The summed E-state index contributed by atoms with van der Waals surface area (Å²) in [6.07, 6.45) is 7.60. The van der Waals surface area contributed by atoms with Crippen molar-refractivity contribution in [2.45, 2.75) is 20.0 Å². The third-order valence-corrected chi connectivity index (χ3v) is 1.56. The quantitative estimate of drug-likeness (QED) is 0.622. The summed E-state index contributed by atoms with van der Waals surface area (Å²) in [6.45, 7) is -0.963. The first-order valence-corrected chi connectivity index (χ1v) is 3.68. The van der Waals surface area contributed by atoms with Gasteiger partial charge in [0.05, 0.1) is 0 Å². The zero-order valence-corrected chi connectivity index (χ0v) is 6.76. The van der Waals surface area contributed by atoms with Crippen LogP contribution in [-0.2, 0) is 4.74 Å². The molecule has 0 aliphatic heterocycles. The predicted octanol–water partition coefficient (Wildman–Crippen LogP) is 3.02. The van der Waals surface area contributed by atoms with Crippen LogP contribution in [-0.4, -0.2) is 6.61 Å². The monoisotopic (exact) mass is 172 g/mol. The molecule has 0 spiro atoms. The third-order valence-electron chi connectivity index (χ3n) is 1.56. The number of alkyl halides is 2. The summed E-state index contributed by atoms with van der Waals surface area (Å²) >= 11 is 0. The summed E-state index contributed by atoms with van der Waals surface area (Å²) in [6, 6.07) is 0. The van der Waals surface area contributed by atoms with Crippen molar-refractivity contribution in [3.05, 3.63) is 35.6 Å². The highest BCUT2D eigenvalue weighted by Gasteiger charge is 2.07. The predicted molar refractivity (Wildman–Crippen MR) is 42.7 cm³/mol. The molecule has 0 saturated carbocycles. The van der Waals surface area contributed by atoms with Crippen LogP contribution < -0.4 is 0 Å². The Morgan fingerprint density at radius 3 is 2.83 bits per heavy atom. The van der Waals surface area contributed by atoms with Gasteiger partial charge in [0.2, 0.25) is 0 Å². The smallest absolute Gasteiger partial charge is 0.387 e. The largest absolute Gasteiger partial charge is 0.435 e. The molecule has 0 bridgehead atoms. The first-order valence-electron chi connectivity index (χ1n) is 3.68. The topological polar surface area (TPSA) is 9.23 Å². The molecule has 1 aliphatic rings. The molecule has 0 aromatic carbocycles. The molecule has 0 amide bonds. The fourth-order valence-electron chi connectivity index (χ4n) is 0.945. The van der Waals surface area contributed by atoms with Gasteiger partial charge >= 0.3 is 6.61 Å². The Balaban J connectivity index is 2.72. The van der Waals surface area contributed by atoms with E-state index in [1.165, 1.54) is 0 Å². The third kappa shape index (κ3) is 2.49. The molecule has 1 nitrogen and oxygen atoms in total. The van der Waals surface area contributed by atoms with Gasteiger partial charge in [-0.2, -0.15) is 8.78 Å². The highest BCUT2D eigenvalue weighted by atomic mass is 19.3. The van der Waals surface area contributed by atoms with Crippen molar-refractivity contribution in [2.24, 2.45) is 0 Å². The van der Waals surface area contributed by atoms with Crippen LogP contribution in [0.4, 0.5) is 8.78 Å². The maximum atomic E-state index is 11.8. The standard InChI is InChI=1S/C9H10F2O/c1-7-5-3-2-4-6-8(7)12-9(10)11/h2-4,6,9H,5H2,1H3. The minimum Gasteiger partial charge on any atom is -0.435 e. The molecule has 0 atom stereocenters. The fourth-order valence-corrected chi connectivity index (χ4v) is 0.945. The van der Waals surface area contributed by atoms with Crippen LogP contribution in [0.25, 0.3) is 0 Å². The molecule has 12 heavy (non-hydrogen) atoms. The Labute approximate surface area is 70.0 Å². The molecule has 0 unspecified atom stereocenters. The summed E-state index contributed by atoms with van der Waals surface area (Å²) in [5, 5.41) is 0. The van der Waals surface area contributed by atoms with Crippen molar-refractivity contribution in [1.29, 1.82) is 0 Å². The van der Waals surface area contributed by atoms with Gasteiger partial charge in [0, 0.05) is 0 Å². The number of halogens is 2. The Kier molecular flexibility index (Phi) is 3.02. The first kappa shape index (κ1) is 8.97. The van der Waals surface area contributed by atoms with Crippen molar-refractivity contribution in [3.63, 3.8) is 0 Å². The maximum absolute atomic E-state index is 11.8. The van der Waals surface area contributed by atoms with Crippen LogP contribution in [0.1, 0.15) is 13.3 Å². The van der Waals surface area contributed by atoms with E-state index in [0.29, 0.717) is 6.42 Å². The van der Waals surface area contributed by atoms with Crippen LogP contribution in [0.5, 0.6) is 0 Å². The minimum absolute atomic E-state index is 0.273. The summed E-state index contributed by atoms with van der Waals surface area (Å²) in [4.78, 5) is 0. The summed E-state index contributed by atoms with van der Waals surface area (Å²) < 4.78 is 27.9. The normalized spacial score (nSPS) is 17.0. The van der Waals surface area contributed by atoms with E-state index in [0.717, 1.165) is 5.57 Å². The van der Waals surface area contributed by atoms with Crippen LogP contribution in [0, 0.1) is 0 Å². The number of rotatable bonds is 2. The van der Waals surface area contributed by atoms with Gasteiger partial charge in [-0.05, 0) is 25.0 Å². The van der Waals surface area contributed by atoms with E-state index in [9.17, 15) is 8.78 Å². The molecule has 0 heterocycles. The average molecular weight is 172 g/mol. The van der Waals surface area contributed by atoms with E-state index < -0.39 is 6.61 Å². The lowest BCUT2D eigenvalue weighted by molar-refractivity contribution is -0.0929. The van der Waals surface area contributed by atoms with Crippen LogP contribution in [0.15, 0.2) is 35.6 Å². The molecule has 0 aromatic rings. The summed E-state index contributed by atoms with van der Waals surface area (Å²) in [5.41, 5.74) is 0.820. The number of hydrogen-bond donors (Lipinski definition) is 0. The van der Waals surface area contributed by atoms with Crippen LogP contribution >= 0.6 is 0 Å². The molecular weight excluding hydrogens is 162 g/mol. The average Bonchev–Trinajstić information content (AvgIpc) is 2.16. The van der Waals surface area contributed by atoms with Crippen molar-refractivity contribution in [3.8, 4) is 0 Å². The van der Waals surface area contributed by atoms with Gasteiger partial charge in [0.1, 0.15) is 5.76 Å². The number of allylic oxidation sites excluding steroid dienone is 5. The molecule has 0 aromatic heterocycles. The Bertz CT molecular complexity index is 239. The highest BCUT2D eigenvalue weighted by Crippen LogP contribution is 2.17. The van der Waals surface area contributed by atoms with E-state index in [1.807, 2.05) is 12.2 Å². The lowest BCUT2D eigenvalue weighted by Crippen LogP contribution is -1.99. The van der Waals surface area contributed by atoms with Crippen molar-refractivity contribution in [1.82, 2.24) is 0 Å². The van der Waals surface area contributed by atoms with Gasteiger partial charge in [-0.1, -0.05) is 18.2 Å². The molecule has 1 rings (SSSR count). The molecule has 66 valence electrons. The summed E-state index contributed by atoms with van der Waals surface area (Å²) in [7, 11) is 0. The van der Waals surface area contributed by atoms with Gasteiger partial charge in [-0.25, -0.2) is 0 Å². The lowest BCUT2D eigenvalue weighted by atomic mass is 10.2. The molecule has 3 heteroatoms. The second kappa shape index (κ2) is 4.04. The van der Waals surface area contributed by atoms with Crippen LogP contribution in [0.2, 0.25) is 0 Å². The first-order chi connectivity index (χ1) is 5.70. The molecule has 0 saturated heterocycles. The van der Waals surface area contributed by atoms with Crippen molar-refractivity contribution >= 4 is 0 Å². The van der Waals surface area contributed by atoms with E-state index in [4.69, 9.17) is 0 Å². The molecular formula is C9H10F2O. The van der Waals surface area contributed by atoms with Crippen molar-refractivity contribution < 1.29 is 13.5 Å². The molecule has 1 aliphatic carbocycles. The second-order valence-electron chi connectivity index (χ2n) is 2.51. The Morgan fingerprint density at radius 2 is 2.17 bits per heavy atom. The van der Waals surface area contributed by atoms with Gasteiger partial charge in [-0.15, -0.1) is 0 Å². The number of hydrogen-bond acceptors (Lipinski definition) is 1. The fraction of sp³-hybridized carbons (Fsp3) is 0.333. The maximum Gasteiger partial charge on any atom is 0.387 e. The molecule has 0 radical (unpaired) electrons. The van der Waals surface area contributed by atoms with E-state index in [1.54, 1.807) is 19.1 Å². The summed E-state index contributed by atoms with van der Waals surface area (Å²) in [5.74, 6) is 0.273. The minimum atomic E-state index is -2.74. The number of ether oxygens (including phenoxy) is 1. The van der Waals surface area contributed by atoms with E-state index >= 15 is 0 Å². The molecule has 0 N–H and O–H groups in total. The van der Waals surface area contributed by atoms with E-state index in [-0.39, 0.29) is 5.76 Å². The van der Waals surface area contributed by atoms with Gasteiger partial charge < -0.3 is 4.74 Å². The molecule has 0 fully saturated rings.